The lowest BCUT2D eigenvalue weighted by Gasteiger charge is -2.13. The summed E-state index contributed by atoms with van der Waals surface area (Å²) in [6, 6.07) is 8.51. The minimum absolute atomic E-state index is 0.127. The Morgan fingerprint density at radius 2 is 2.05 bits per heavy atom. The molecule has 0 bridgehead atoms. The van der Waals surface area contributed by atoms with Crippen LogP contribution in [0.25, 0.3) is 0 Å². The first-order valence-electron chi connectivity index (χ1n) is 6.56. The van der Waals surface area contributed by atoms with Gasteiger partial charge in [0.25, 0.3) is 0 Å². The van der Waals surface area contributed by atoms with Crippen molar-refractivity contribution in [1.82, 2.24) is 10.2 Å². The third-order valence-corrected chi connectivity index (χ3v) is 3.14. The quantitative estimate of drug-likeness (QED) is 0.758. The number of benzene rings is 1. The summed E-state index contributed by atoms with van der Waals surface area (Å²) in [6.45, 7) is 0.242. The van der Waals surface area contributed by atoms with Gasteiger partial charge in [0.1, 0.15) is 12.6 Å². The van der Waals surface area contributed by atoms with E-state index >= 15 is 0 Å². The number of likely N-dealkylation sites (tertiary alicyclic amines) is 1. The molecule has 2 rings (SSSR count). The second-order valence-electron chi connectivity index (χ2n) is 4.73. The van der Waals surface area contributed by atoms with Crippen molar-refractivity contribution in [2.45, 2.75) is 19.1 Å². The van der Waals surface area contributed by atoms with E-state index in [1.54, 1.807) is 0 Å². The summed E-state index contributed by atoms with van der Waals surface area (Å²) < 4.78 is 5.03. The predicted octanol–water partition coefficient (Wildman–Crippen LogP) is -0.235. The van der Waals surface area contributed by atoms with E-state index < -0.39 is 18.1 Å². The number of hydrogen-bond acceptors (Lipinski definition) is 4. The van der Waals surface area contributed by atoms with Crippen LogP contribution in [-0.4, -0.2) is 47.1 Å². The van der Waals surface area contributed by atoms with Crippen LogP contribution >= 0.6 is 0 Å². The molecule has 1 aromatic rings. The lowest BCUT2D eigenvalue weighted by molar-refractivity contribution is -0.143. The lowest BCUT2D eigenvalue weighted by atomic mass is 10.2. The van der Waals surface area contributed by atoms with E-state index in [9.17, 15) is 14.4 Å². The molecule has 7 heteroatoms. The minimum Gasteiger partial charge on any atom is -0.563 e. The molecule has 1 heterocycles. The molecule has 1 saturated heterocycles. The van der Waals surface area contributed by atoms with Crippen molar-refractivity contribution < 1.29 is 24.2 Å². The van der Waals surface area contributed by atoms with E-state index in [-0.39, 0.29) is 19.1 Å². The highest BCUT2D eigenvalue weighted by Gasteiger charge is 2.35. The van der Waals surface area contributed by atoms with Crippen molar-refractivity contribution in [2.24, 2.45) is 0 Å². The minimum atomic E-state index is -0.823. The third kappa shape index (κ3) is 4.20. The lowest BCUT2D eigenvalue weighted by Crippen LogP contribution is -2.42. The number of nitrogens with zero attached hydrogens (tertiary/aromatic N) is 1. The second-order valence-corrected chi connectivity index (χ2v) is 4.73. The van der Waals surface area contributed by atoms with Gasteiger partial charge in [0.15, 0.2) is 6.54 Å². The van der Waals surface area contributed by atoms with Gasteiger partial charge in [-0.1, -0.05) is 30.3 Å². The van der Waals surface area contributed by atoms with Gasteiger partial charge in [0.05, 0.1) is 0 Å². The van der Waals surface area contributed by atoms with Crippen LogP contribution in [0.4, 0.5) is 4.79 Å². The molecule has 1 aromatic carbocycles. The molecule has 1 aliphatic rings. The first-order chi connectivity index (χ1) is 10.1. The van der Waals surface area contributed by atoms with Gasteiger partial charge in [-0.25, -0.2) is 4.79 Å². The molecule has 7 nitrogen and oxygen atoms in total. The molecule has 0 radical (unpaired) electrons. The molecule has 0 spiro atoms. The number of amides is 2. The Balaban J connectivity index is 1.78. The normalized spacial score (nSPS) is 17.6. The molecule has 0 aliphatic carbocycles. The number of carbonyl (C=O) groups is 3. The topological polar surface area (TPSA) is 98.6 Å². The van der Waals surface area contributed by atoms with Crippen LogP contribution in [0.5, 0.6) is 0 Å². The van der Waals surface area contributed by atoms with Crippen LogP contribution < -0.4 is 5.32 Å². The van der Waals surface area contributed by atoms with Gasteiger partial charge in [0.2, 0.25) is 5.91 Å². The highest BCUT2D eigenvalue weighted by Crippen LogP contribution is 2.11. The summed E-state index contributed by atoms with van der Waals surface area (Å²) in [4.78, 5) is 35.5. The maximum absolute atomic E-state index is 11.9. The summed E-state index contributed by atoms with van der Waals surface area (Å²) in [5.74, 6) is -1.18. The zero-order chi connectivity index (χ0) is 15.2. The molecular weight excluding hydrogens is 276 g/mol. The van der Waals surface area contributed by atoms with E-state index in [0.717, 1.165) is 5.56 Å². The molecule has 0 saturated carbocycles. The average Bonchev–Trinajstić information content (AvgIpc) is 2.79. The van der Waals surface area contributed by atoms with Gasteiger partial charge >= 0.3 is 12.1 Å². The highest BCUT2D eigenvalue weighted by molar-refractivity contribution is 5.89. The fourth-order valence-electron chi connectivity index (χ4n) is 2.11. The summed E-state index contributed by atoms with van der Waals surface area (Å²) >= 11 is 0. The number of alkyl carbamates (subject to hydrolysis) is 1. The van der Waals surface area contributed by atoms with Crippen molar-refractivity contribution in [3.05, 3.63) is 35.9 Å². The Morgan fingerprint density at radius 3 is 2.71 bits per heavy atom. The Morgan fingerprint density at radius 1 is 1.33 bits per heavy atom. The smallest absolute Gasteiger partial charge is 0.535 e. The van der Waals surface area contributed by atoms with Crippen LogP contribution in [0.2, 0.25) is 0 Å². The van der Waals surface area contributed by atoms with Crippen LogP contribution in [0.3, 0.4) is 0 Å². The second kappa shape index (κ2) is 6.74. The number of hydrogen-bond donors (Lipinski definition) is 1. The molecule has 112 valence electrons. The molecule has 3 N–H and O–H groups in total. The van der Waals surface area contributed by atoms with Gasteiger partial charge in [-0.15, -0.1) is 0 Å². The molecular formula is C14H17N2O5+. The molecule has 1 unspecified atom stereocenters. The van der Waals surface area contributed by atoms with Crippen molar-refractivity contribution in [1.29, 1.82) is 0 Å². The predicted molar refractivity (Wildman–Crippen MR) is 73.4 cm³/mol. The Hall–Kier alpha value is -2.57. The summed E-state index contributed by atoms with van der Waals surface area (Å²) in [6.07, 6.45) is -0.261. The summed E-state index contributed by atoms with van der Waals surface area (Å²) in [7, 11) is 0. The van der Waals surface area contributed by atoms with Crippen molar-refractivity contribution in [2.75, 3.05) is 13.1 Å². The van der Waals surface area contributed by atoms with Crippen molar-refractivity contribution in [3.63, 3.8) is 0 Å². The van der Waals surface area contributed by atoms with Gasteiger partial charge in [0, 0.05) is 11.3 Å². The molecule has 1 atom stereocenters. The summed E-state index contributed by atoms with van der Waals surface area (Å²) in [5.41, 5.74) is 0.854. The third-order valence-electron chi connectivity index (χ3n) is 3.14. The van der Waals surface area contributed by atoms with Crippen molar-refractivity contribution >= 4 is 18.0 Å². The molecule has 21 heavy (non-hydrogen) atoms. The largest absolute Gasteiger partial charge is 0.563 e. The highest BCUT2D eigenvalue weighted by atomic mass is 16.5. The maximum atomic E-state index is 11.9. The van der Waals surface area contributed by atoms with Crippen LogP contribution in [0, 0.1) is 0 Å². The Kier molecular flexibility index (Phi) is 4.76. The Bertz CT molecular complexity index is 531. The van der Waals surface area contributed by atoms with Crippen LogP contribution in [-0.2, 0) is 20.9 Å². The van der Waals surface area contributed by atoms with Crippen molar-refractivity contribution in [3.8, 4) is 0 Å². The zero-order valence-electron chi connectivity index (χ0n) is 11.4. The summed E-state index contributed by atoms with van der Waals surface area (Å²) in [5, 5.41) is 9.33. The molecule has 1 aliphatic heterocycles. The van der Waals surface area contributed by atoms with Crippen LogP contribution in [0.15, 0.2) is 30.3 Å². The van der Waals surface area contributed by atoms with Crippen LogP contribution in [0.1, 0.15) is 12.0 Å². The monoisotopic (exact) mass is 293 g/mol. The van der Waals surface area contributed by atoms with E-state index in [0.29, 0.717) is 13.0 Å². The molecule has 0 aromatic heterocycles. The van der Waals surface area contributed by atoms with Gasteiger partial charge in [-0.2, -0.15) is 0 Å². The fraction of sp³-hybridized carbons (Fsp3) is 0.357. The molecule has 2 amide bonds. The van der Waals surface area contributed by atoms with E-state index in [1.165, 1.54) is 4.90 Å². The zero-order valence-corrected chi connectivity index (χ0v) is 11.4. The van der Waals surface area contributed by atoms with Gasteiger partial charge in [-0.3, -0.25) is 4.79 Å². The van der Waals surface area contributed by atoms with E-state index in [4.69, 9.17) is 9.84 Å². The number of ether oxygens (including phenoxy) is 1. The average molecular weight is 293 g/mol. The maximum Gasteiger partial charge on any atom is 0.535 e. The first kappa shape index (κ1) is 14.8. The van der Waals surface area contributed by atoms with Gasteiger partial charge < -0.3 is 20.1 Å². The first-order valence-corrected chi connectivity index (χ1v) is 6.56. The number of carbonyl (C=O) groups excluding carboxylic acids is 3. The fourth-order valence-corrected chi connectivity index (χ4v) is 2.11. The van der Waals surface area contributed by atoms with Gasteiger partial charge in [-0.05, 0) is 12.0 Å². The van der Waals surface area contributed by atoms with E-state index in [1.807, 2.05) is 30.3 Å². The number of rotatable bonds is 5. The molecule has 1 fully saturated rings. The van der Waals surface area contributed by atoms with E-state index in [2.05, 4.69) is 5.32 Å². The number of nitrogens with one attached hydrogen (secondary N) is 1. The standard InChI is InChI=1S/C14H16N2O5/c17-12(18)8-16-7-6-11(13(16)19)15-14(20)21-9-10-4-2-1-3-5-10/h1-5,11H,6-9H2,(H,15,20)(H,17,18)/p+1. The Labute approximate surface area is 121 Å². The SMILES string of the molecule is O=C([OH2+])CN1CCC(NC(=O)OCc2ccccc2)C1=O.